The van der Waals surface area contributed by atoms with E-state index >= 15 is 0 Å². The van der Waals surface area contributed by atoms with Crippen LogP contribution in [0.5, 0.6) is 5.75 Å². The van der Waals surface area contributed by atoms with Crippen LogP contribution in [0, 0.1) is 6.92 Å². The van der Waals surface area contributed by atoms with Crippen molar-refractivity contribution in [3.8, 4) is 5.75 Å². The highest BCUT2D eigenvalue weighted by molar-refractivity contribution is 6.09. The number of hydrogen-bond donors (Lipinski definition) is 1. The summed E-state index contributed by atoms with van der Waals surface area (Å²) >= 11 is 0. The second kappa shape index (κ2) is 4.62. The normalized spacial score (nSPS) is 15.4. The molecule has 2 aromatic carbocycles. The molecule has 0 amide bonds. The van der Waals surface area contributed by atoms with E-state index in [1.165, 1.54) is 0 Å². The summed E-state index contributed by atoms with van der Waals surface area (Å²) in [5, 5.41) is 0. The van der Waals surface area contributed by atoms with Crippen LogP contribution in [0.2, 0.25) is 0 Å². The Hall–Kier alpha value is -2.29. The zero-order valence-corrected chi connectivity index (χ0v) is 12.6. The Morgan fingerprint density at radius 3 is 2.52 bits per heavy atom. The zero-order valence-electron chi connectivity index (χ0n) is 12.6. The second-order valence-corrected chi connectivity index (χ2v) is 6.26. The van der Waals surface area contributed by atoms with Crippen molar-refractivity contribution < 1.29 is 9.53 Å². The van der Waals surface area contributed by atoms with Crippen LogP contribution in [0.15, 0.2) is 36.4 Å². The highest BCUT2D eigenvalue weighted by atomic mass is 16.5. The molecule has 0 aliphatic carbocycles. The molecule has 1 aliphatic rings. The minimum atomic E-state index is -0.196. The smallest absolute Gasteiger partial charge is 0.193 e. The van der Waals surface area contributed by atoms with Gasteiger partial charge in [-0.3, -0.25) is 4.79 Å². The number of nitrogens with two attached hydrogens (primary N) is 1. The molecular formula is C18H19NO2. The van der Waals surface area contributed by atoms with Gasteiger partial charge in [-0.1, -0.05) is 12.1 Å². The van der Waals surface area contributed by atoms with Crippen molar-refractivity contribution in [2.45, 2.75) is 32.8 Å². The first-order valence-electron chi connectivity index (χ1n) is 7.08. The average Bonchev–Trinajstić information content (AvgIpc) is 2.73. The van der Waals surface area contributed by atoms with Gasteiger partial charge in [0.1, 0.15) is 11.4 Å². The summed E-state index contributed by atoms with van der Waals surface area (Å²) in [5.41, 5.74) is 9.71. The summed E-state index contributed by atoms with van der Waals surface area (Å²) in [7, 11) is 0. The molecule has 3 rings (SSSR count). The largest absolute Gasteiger partial charge is 0.487 e. The number of benzene rings is 2. The van der Waals surface area contributed by atoms with Gasteiger partial charge >= 0.3 is 0 Å². The fourth-order valence-electron chi connectivity index (χ4n) is 2.70. The van der Waals surface area contributed by atoms with Gasteiger partial charge in [0.05, 0.1) is 0 Å². The van der Waals surface area contributed by atoms with E-state index in [1.807, 2.05) is 37.3 Å². The van der Waals surface area contributed by atoms with Crippen LogP contribution in [0.1, 0.15) is 40.9 Å². The first kappa shape index (κ1) is 13.7. The molecule has 0 unspecified atom stereocenters. The number of aryl methyl sites for hydroxylation is 1. The third kappa shape index (κ3) is 2.51. The van der Waals surface area contributed by atoms with Gasteiger partial charge in [0, 0.05) is 23.2 Å². The number of fused-ring (bicyclic) bond motifs is 1. The molecule has 3 heteroatoms. The maximum Gasteiger partial charge on any atom is 0.193 e. The van der Waals surface area contributed by atoms with Gasteiger partial charge < -0.3 is 10.5 Å². The third-order valence-corrected chi connectivity index (χ3v) is 3.87. The number of rotatable bonds is 2. The van der Waals surface area contributed by atoms with E-state index in [9.17, 15) is 4.79 Å². The van der Waals surface area contributed by atoms with E-state index in [2.05, 4.69) is 13.8 Å². The van der Waals surface area contributed by atoms with Crippen LogP contribution in [0.4, 0.5) is 5.69 Å². The lowest BCUT2D eigenvalue weighted by Crippen LogP contribution is -2.24. The van der Waals surface area contributed by atoms with Gasteiger partial charge in [0.25, 0.3) is 0 Å². The van der Waals surface area contributed by atoms with Crippen molar-refractivity contribution in [3.63, 3.8) is 0 Å². The van der Waals surface area contributed by atoms with E-state index in [0.29, 0.717) is 16.8 Å². The van der Waals surface area contributed by atoms with Crippen LogP contribution in [0.25, 0.3) is 0 Å². The summed E-state index contributed by atoms with van der Waals surface area (Å²) in [5.74, 6) is 0.870. The second-order valence-electron chi connectivity index (χ2n) is 6.26. The number of anilines is 1. The lowest BCUT2D eigenvalue weighted by Gasteiger charge is -2.16. The monoisotopic (exact) mass is 281 g/mol. The zero-order chi connectivity index (χ0) is 15.2. The minimum absolute atomic E-state index is 0.00536. The first-order chi connectivity index (χ1) is 9.85. The average molecular weight is 281 g/mol. The molecule has 0 spiro atoms. The van der Waals surface area contributed by atoms with Crippen molar-refractivity contribution >= 4 is 11.5 Å². The number of nitrogen functional groups attached to an aromatic ring is 1. The van der Waals surface area contributed by atoms with Crippen molar-refractivity contribution in [2.75, 3.05) is 5.73 Å². The van der Waals surface area contributed by atoms with Crippen LogP contribution < -0.4 is 10.5 Å². The molecule has 0 atom stereocenters. The summed E-state index contributed by atoms with van der Waals surface area (Å²) in [4.78, 5) is 12.6. The Balaban J connectivity index is 1.95. The van der Waals surface area contributed by atoms with Gasteiger partial charge in [-0.25, -0.2) is 0 Å². The first-order valence-corrected chi connectivity index (χ1v) is 7.08. The molecule has 0 fully saturated rings. The number of carbonyl (C=O) groups is 1. The Bertz CT molecular complexity index is 732. The van der Waals surface area contributed by atoms with Crippen LogP contribution in [0.3, 0.4) is 0 Å². The van der Waals surface area contributed by atoms with Crippen LogP contribution in [-0.2, 0) is 6.42 Å². The molecule has 1 aliphatic heterocycles. The van der Waals surface area contributed by atoms with Gasteiger partial charge in [-0.15, -0.1) is 0 Å². The molecule has 0 bridgehead atoms. The maximum absolute atomic E-state index is 12.6. The van der Waals surface area contributed by atoms with Crippen molar-refractivity contribution in [2.24, 2.45) is 0 Å². The molecule has 0 aromatic heterocycles. The summed E-state index contributed by atoms with van der Waals surface area (Å²) in [6.45, 7) is 6.03. The third-order valence-electron chi connectivity index (χ3n) is 3.87. The fourth-order valence-corrected chi connectivity index (χ4v) is 2.70. The quantitative estimate of drug-likeness (QED) is 0.677. The predicted octanol–water partition coefficient (Wildman–Crippen LogP) is 3.52. The summed E-state index contributed by atoms with van der Waals surface area (Å²) in [6, 6.07) is 11.1. The Morgan fingerprint density at radius 2 is 1.81 bits per heavy atom. The molecule has 108 valence electrons. The number of hydrogen-bond acceptors (Lipinski definition) is 3. The van der Waals surface area contributed by atoms with E-state index < -0.39 is 0 Å². The van der Waals surface area contributed by atoms with Gasteiger partial charge in [-0.05, 0) is 56.2 Å². The summed E-state index contributed by atoms with van der Waals surface area (Å²) < 4.78 is 5.84. The Labute approximate surface area is 124 Å². The van der Waals surface area contributed by atoms with Crippen molar-refractivity contribution in [3.05, 3.63) is 58.7 Å². The highest BCUT2D eigenvalue weighted by Gasteiger charge is 2.30. The molecule has 2 N–H and O–H groups in total. The van der Waals surface area contributed by atoms with Crippen LogP contribution in [-0.4, -0.2) is 11.4 Å². The van der Waals surface area contributed by atoms with E-state index in [-0.39, 0.29) is 11.4 Å². The number of ketones is 1. The fraction of sp³-hybridized carbons (Fsp3) is 0.278. The van der Waals surface area contributed by atoms with Gasteiger partial charge in [0.15, 0.2) is 5.78 Å². The molecule has 0 saturated carbocycles. The SMILES string of the molecule is Cc1ccc(C(=O)c2ccc3c(c2)CC(C)(C)O3)cc1N. The standard InChI is InChI=1S/C18H19NO2/c1-11-4-5-13(9-15(11)19)17(20)12-6-7-16-14(8-12)10-18(2,3)21-16/h4-9H,10,19H2,1-3H3. The van der Waals surface area contributed by atoms with Crippen LogP contribution >= 0.6 is 0 Å². The predicted molar refractivity (Wildman–Crippen MR) is 83.9 cm³/mol. The lowest BCUT2D eigenvalue weighted by molar-refractivity contribution is 0.103. The summed E-state index contributed by atoms with van der Waals surface area (Å²) in [6.07, 6.45) is 0.819. The number of ether oxygens (including phenoxy) is 1. The minimum Gasteiger partial charge on any atom is -0.487 e. The van der Waals surface area contributed by atoms with Gasteiger partial charge in [0.2, 0.25) is 0 Å². The molecule has 21 heavy (non-hydrogen) atoms. The molecule has 2 aromatic rings. The highest BCUT2D eigenvalue weighted by Crippen LogP contribution is 2.35. The molecule has 3 nitrogen and oxygen atoms in total. The van der Waals surface area contributed by atoms with E-state index in [4.69, 9.17) is 10.5 Å². The number of carbonyl (C=O) groups excluding carboxylic acids is 1. The topological polar surface area (TPSA) is 52.3 Å². The molecule has 0 radical (unpaired) electrons. The Kier molecular flexibility index (Phi) is 3.01. The van der Waals surface area contributed by atoms with E-state index in [1.54, 1.807) is 6.07 Å². The lowest BCUT2D eigenvalue weighted by atomic mass is 9.96. The maximum atomic E-state index is 12.6. The van der Waals surface area contributed by atoms with E-state index in [0.717, 1.165) is 23.3 Å². The Morgan fingerprint density at radius 1 is 1.14 bits per heavy atom. The van der Waals surface area contributed by atoms with Crippen molar-refractivity contribution in [1.29, 1.82) is 0 Å². The molecule has 1 heterocycles. The van der Waals surface area contributed by atoms with Crippen molar-refractivity contribution in [1.82, 2.24) is 0 Å². The molecule has 0 saturated heterocycles. The molecular weight excluding hydrogens is 262 g/mol. The van der Waals surface area contributed by atoms with Gasteiger partial charge in [-0.2, -0.15) is 0 Å².